The molecule has 5 nitrogen and oxygen atoms in total. The van der Waals surface area contributed by atoms with E-state index in [1.807, 2.05) is 6.92 Å². The number of aliphatic imine (C=N–C) groups is 1. The first-order valence-corrected chi connectivity index (χ1v) is 6.36. The van der Waals surface area contributed by atoms with Crippen molar-refractivity contribution >= 4 is 23.2 Å². The van der Waals surface area contributed by atoms with Gasteiger partial charge in [0, 0.05) is 25.4 Å². The van der Waals surface area contributed by atoms with Gasteiger partial charge in [-0.2, -0.15) is 0 Å². The van der Waals surface area contributed by atoms with Crippen LogP contribution in [0.2, 0.25) is 5.02 Å². The first kappa shape index (κ1) is 15.7. The highest BCUT2D eigenvalue weighted by molar-refractivity contribution is 6.31. The molecule has 1 aromatic carbocycles. The molecule has 0 aliphatic heterocycles. The van der Waals surface area contributed by atoms with E-state index in [2.05, 4.69) is 15.7 Å². The molecule has 0 saturated carbocycles. The number of nitrogens with two attached hydrogens (primary N) is 1. The van der Waals surface area contributed by atoms with Crippen LogP contribution >= 0.6 is 11.6 Å². The summed E-state index contributed by atoms with van der Waals surface area (Å²) >= 11 is 5.68. The lowest BCUT2D eigenvalue weighted by molar-refractivity contribution is 0.146. The molecule has 0 saturated heterocycles. The molecule has 0 fully saturated rings. The quantitative estimate of drug-likeness (QED) is 0.247. The third-order valence-electron chi connectivity index (χ3n) is 2.24. The monoisotopic (exact) mass is 288 g/mol. The Balaban J connectivity index is 2.50. The van der Waals surface area contributed by atoms with E-state index < -0.39 is 5.82 Å². The lowest BCUT2D eigenvalue weighted by atomic mass is 10.3. The molecule has 106 valence electrons. The number of nitrogens with one attached hydrogen (secondary N) is 2. The van der Waals surface area contributed by atoms with Gasteiger partial charge in [-0.3, -0.25) is 10.4 Å². The largest absolute Gasteiger partial charge is 0.382 e. The summed E-state index contributed by atoms with van der Waals surface area (Å²) < 4.78 is 18.2. The number of hydrogen-bond donors (Lipinski definition) is 3. The molecule has 0 amide bonds. The van der Waals surface area contributed by atoms with Gasteiger partial charge in [0.15, 0.2) is 0 Å². The van der Waals surface area contributed by atoms with Crippen LogP contribution in [0.1, 0.15) is 13.3 Å². The van der Waals surface area contributed by atoms with Gasteiger partial charge in [0.2, 0.25) is 5.96 Å². The SMILES string of the molecule is CCOCCCN=C(NN)Nc1ccc(F)c(Cl)c1. The van der Waals surface area contributed by atoms with Crippen molar-refractivity contribution in [2.75, 3.05) is 25.1 Å². The number of hydrogen-bond acceptors (Lipinski definition) is 3. The molecular weight excluding hydrogens is 271 g/mol. The summed E-state index contributed by atoms with van der Waals surface area (Å²) in [5, 5.41) is 2.95. The number of guanidine groups is 1. The maximum atomic E-state index is 13.0. The van der Waals surface area contributed by atoms with E-state index in [0.717, 1.165) is 6.42 Å². The zero-order chi connectivity index (χ0) is 14.1. The maximum absolute atomic E-state index is 13.0. The van der Waals surface area contributed by atoms with Crippen molar-refractivity contribution in [3.05, 3.63) is 29.0 Å². The van der Waals surface area contributed by atoms with E-state index in [4.69, 9.17) is 22.2 Å². The molecule has 0 atom stereocenters. The van der Waals surface area contributed by atoms with Gasteiger partial charge in [0.05, 0.1) is 5.02 Å². The van der Waals surface area contributed by atoms with Gasteiger partial charge in [-0.05, 0) is 31.5 Å². The fourth-order valence-corrected chi connectivity index (χ4v) is 1.51. The molecule has 4 N–H and O–H groups in total. The average Bonchev–Trinajstić information content (AvgIpc) is 2.41. The number of halogens is 2. The highest BCUT2D eigenvalue weighted by Gasteiger charge is 2.02. The Bertz CT molecular complexity index is 428. The molecule has 0 bridgehead atoms. The van der Waals surface area contributed by atoms with Crippen LogP contribution in [0.15, 0.2) is 23.2 Å². The predicted molar refractivity (Wildman–Crippen MR) is 75.8 cm³/mol. The molecular formula is C12H18ClFN4O. The lowest BCUT2D eigenvalue weighted by Gasteiger charge is -2.09. The minimum Gasteiger partial charge on any atom is -0.382 e. The Labute approximate surface area is 117 Å². The van der Waals surface area contributed by atoms with Crippen molar-refractivity contribution in [2.24, 2.45) is 10.8 Å². The number of rotatable bonds is 6. The zero-order valence-corrected chi connectivity index (χ0v) is 11.5. The molecule has 0 unspecified atom stereocenters. The smallest absolute Gasteiger partial charge is 0.210 e. The van der Waals surface area contributed by atoms with Crippen LogP contribution in [-0.2, 0) is 4.74 Å². The number of benzene rings is 1. The van der Waals surface area contributed by atoms with E-state index in [1.165, 1.54) is 12.1 Å². The minimum atomic E-state index is -0.469. The van der Waals surface area contributed by atoms with Gasteiger partial charge in [-0.25, -0.2) is 10.2 Å². The normalized spacial score (nSPS) is 11.5. The van der Waals surface area contributed by atoms with Crippen molar-refractivity contribution in [3.8, 4) is 0 Å². The highest BCUT2D eigenvalue weighted by Crippen LogP contribution is 2.19. The van der Waals surface area contributed by atoms with E-state index >= 15 is 0 Å². The van der Waals surface area contributed by atoms with Crippen molar-refractivity contribution in [3.63, 3.8) is 0 Å². The zero-order valence-electron chi connectivity index (χ0n) is 10.7. The second-order valence-corrected chi connectivity index (χ2v) is 4.09. The van der Waals surface area contributed by atoms with Crippen LogP contribution in [0.5, 0.6) is 0 Å². The Morgan fingerprint density at radius 1 is 1.53 bits per heavy atom. The number of hydrazine groups is 1. The third-order valence-corrected chi connectivity index (χ3v) is 2.53. The van der Waals surface area contributed by atoms with Gasteiger partial charge in [-0.15, -0.1) is 0 Å². The first-order chi connectivity index (χ1) is 9.17. The van der Waals surface area contributed by atoms with Gasteiger partial charge in [0.25, 0.3) is 0 Å². The topological polar surface area (TPSA) is 71.7 Å². The highest BCUT2D eigenvalue weighted by atomic mass is 35.5. The Morgan fingerprint density at radius 2 is 2.32 bits per heavy atom. The first-order valence-electron chi connectivity index (χ1n) is 5.98. The van der Waals surface area contributed by atoms with Gasteiger partial charge in [0.1, 0.15) is 5.82 Å². The molecule has 0 aliphatic carbocycles. The fraction of sp³-hybridized carbons (Fsp3) is 0.417. The molecule has 0 spiro atoms. The van der Waals surface area contributed by atoms with E-state index in [1.54, 1.807) is 6.07 Å². The van der Waals surface area contributed by atoms with Crippen LogP contribution in [0.3, 0.4) is 0 Å². The second kappa shape index (κ2) is 8.68. The van der Waals surface area contributed by atoms with Gasteiger partial charge < -0.3 is 10.1 Å². The Morgan fingerprint density at radius 3 is 2.95 bits per heavy atom. The van der Waals surface area contributed by atoms with Gasteiger partial charge >= 0.3 is 0 Å². The molecule has 0 aromatic heterocycles. The number of nitrogens with zero attached hydrogens (tertiary/aromatic N) is 1. The molecule has 7 heteroatoms. The minimum absolute atomic E-state index is 0.0396. The summed E-state index contributed by atoms with van der Waals surface area (Å²) in [5.41, 5.74) is 3.04. The summed E-state index contributed by atoms with van der Waals surface area (Å²) in [6, 6.07) is 4.28. The summed E-state index contributed by atoms with van der Waals surface area (Å²) in [7, 11) is 0. The third kappa shape index (κ3) is 5.87. The Hall–Kier alpha value is -1.37. The standard InChI is InChI=1S/C12H18ClFN4O/c1-2-19-7-3-6-16-12(18-15)17-9-4-5-11(14)10(13)8-9/h4-5,8H,2-3,6-7,15H2,1H3,(H2,16,17,18). The van der Waals surface area contributed by atoms with E-state index in [-0.39, 0.29) is 5.02 Å². The Kier molecular flexibility index (Phi) is 7.17. The fourth-order valence-electron chi connectivity index (χ4n) is 1.33. The average molecular weight is 289 g/mol. The summed E-state index contributed by atoms with van der Waals surface area (Å²) in [6.07, 6.45) is 0.797. The van der Waals surface area contributed by atoms with Crippen molar-refractivity contribution < 1.29 is 9.13 Å². The molecule has 1 rings (SSSR count). The maximum Gasteiger partial charge on any atom is 0.210 e. The van der Waals surface area contributed by atoms with Gasteiger partial charge in [-0.1, -0.05) is 11.6 Å². The number of ether oxygens (including phenoxy) is 1. The molecule has 0 radical (unpaired) electrons. The van der Waals surface area contributed by atoms with E-state index in [0.29, 0.717) is 31.4 Å². The van der Waals surface area contributed by atoms with Crippen LogP contribution in [0.25, 0.3) is 0 Å². The van der Waals surface area contributed by atoms with Crippen molar-refractivity contribution in [1.29, 1.82) is 0 Å². The lowest BCUT2D eigenvalue weighted by Crippen LogP contribution is -2.36. The van der Waals surface area contributed by atoms with Crippen molar-refractivity contribution in [2.45, 2.75) is 13.3 Å². The second-order valence-electron chi connectivity index (χ2n) is 3.68. The predicted octanol–water partition coefficient (Wildman–Crippen LogP) is 2.14. The molecule has 1 aromatic rings. The summed E-state index contributed by atoms with van der Waals surface area (Å²) in [6.45, 7) is 3.86. The number of anilines is 1. The van der Waals surface area contributed by atoms with Crippen LogP contribution < -0.4 is 16.6 Å². The van der Waals surface area contributed by atoms with Crippen LogP contribution in [0, 0.1) is 5.82 Å². The van der Waals surface area contributed by atoms with Crippen molar-refractivity contribution in [1.82, 2.24) is 5.43 Å². The van der Waals surface area contributed by atoms with Crippen LogP contribution in [-0.4, -0.2) is 25.7 Å². The summed E-state index contributed by atoms with van der Waals surface area (Å²) in [4.78, 5) is 4.21. The van der Waals surface area contributed by atoms with E-state index in [9.17, 15) is 4.39 Å². The molecule has 0 aliphatic rings. The molecule has 0 heterocycles. The molecule has 19 heavy (non-hydrogen) atoms. The summed E-state index contributed by atoms with van der Waals surface area (Å²) in [5.74, 6) is 5.27. The van der Waals surface area contributed by atoms with Crippen LogP contribution in [0.4, 0.5) is 10.1 Å².